The molecular weight excluding hydrogens is 368 g/mol. The molecule has 0 aromatic heterocycles. The number of sulfonamides is 1. The smallest absolute Gasteiger partial charge is 0.324 e. The molecule has 0 spiro atoms. The van der Waals surface area contributed by atoms with Gasteiger partial charge in [-0.25, -0.2) is 8.42 Å². The first-order valence-corrected chi connectivity index (χ1v) is 8.62. The molecule has 0 amide bonds. The highest BCUT2D eigenvalue weighted by Crippen LogP contribution is 2.37. The molecule has 0 fully saturated rings. The molecule has 136 valence electrons. The van der Waals surface area contributed by atoms with Gasteiger partial charge in [-0.1, -0.05) is 12.1 Å². The zero-order valence-electron chi connectivity index (χ0n) is 13.1. The number of benzene rings is 2. The van der Waals surface area contributed by atoms with Crippen molar-refractivity contribution in [3.05, 3.63) is 52.6 Å². The van der Waals surface area contributed by atoms with Crippen molar-refractivity contribution in [3.63, 3.8) is 0 Å². The van der Waals surface area contributed by atoms with Gasteiger partial charge in [0.15, 0.2) is 16.4 Å². The molecule has 11 heteroatoms. The predicted molar refractivity (Wildman–Crippen MR) is 87.8 cm³/mol. The number of anilines is 1. The first-order chi connectivity index (χ1) is 12.3. The largest absolute Gasteiger partial charge is 0.480 e. The van der Waals surface area contributed by atoms with Crippen molar-refractivity contribution in [1.82, 2.24) is 0 Å². The van der Waals surface area contributed by atoms with E-state index in [1.54, 1.807) is 0 Å². The second kappa shape index (κ2) is 6.52. The van der Waals surface area contributed by atoms with Crippen molar-refractivity contribution < 1.29 is 32.7 Å². The van der Waals surface area contributed by atoms with Gasteiger partial charge in [0.1, 0.15) is 6.54 Å². The molecule has 0 unspecified atom stereocenters. The molecular formula is C15H12N2O8S. The first kappa shape index (κ1) is 17.5. The fourth-order valence-electron chi connectivity index (χ4n) is 2.42. The second-order valence-corrected chi connectivity index (χ2v) is 7.00. The van der Waals surface area contributed by atoms with E-state index in [1.165, 1.54) is 30.3 Å². The number of carbonyl (C=O) groups is 1. The van der Waals surface area contributed by atoms with E-state index < -0.39 is 38.0 Å². The number of carboxylic acid groups (broad SMARTS) is 1. The van der Waals surface area contributed by atoms with Crippen LogP contribution in [0, 0.1) is 10.1 Å². The third-order valence-electron chi connectivity index (χ3n) is 3.55. The van der Waals surface area contributed by atoms with Gasteiger partial charge in [0.2, 0.25) is 6.79 Å². The molecule has 2 aromatic carbocycles. The Hall–Kier alpha value is -3.34. The molecule has 3 rings (SSSR count). The number of hydrogen-bond donors (Lipinski definition) is 1. The molecule has 0 bridgehead atoms. The summed E-state index contributed by atoms with van der Waals surface area (Å²) in [7, 11) is -4.53. The lowest BCUT2D eigenvalue weighted by molar-refractivity contribution is -0.387. The standard InChI is InChI=1S/C15H12N2O8S/c18-15(19)8-16(10-5-6-12-13(7-10)25-9-24-12)26(22,23)14-4-2-1-3-11(14)17(20)21/h1-7H,8-9H2,(H,18,19). The van der Waals surface area contributed by atoms with Crippen LogP contribution >= 0.6 is 0 Å². The van der Waals surface area contributed by atoms with E-state index in [9.17, 15) is 23.3 Å². The molecule has 1 aliphatic rings. The summed E-state index contributed by atoms with van der Waals surface area (Å²) in [6.07, 6.45) is 0. The summed E-state index contributed by atoms with van der Waals surface area (Å²) in [6.45, 7) is -0.970. The van der Waals surface area contributed by atoms with Crippen LogP contribution in [0.5, 0.6) is 11.5 Å². The Balaban J connectivity index is 2.14. The molecule has 0 atom stereocenters. The third-order valence-corrected chi connectivity index (χ3v) is 5.37. The van der Waals surface area contributed by atoms with Crippen LogP contribution in [-0.4, -0.2) is 37.8 Å². The normalized spacial score (nSPS) is 12.6. The molecule has 0 saturated carbocycles. The topological polar surface area (TPSA) is 136 Å². The van der Waals surface area contributed by atoms with Crippen molar-refractivity contribution in [3.8, 4) is 11.5 Å². The highest BCUT2D eigenvalue weighted by atomic mass is 32.2. The second-order valence-electron chi connectivity index (χ2n) is 5.17. The quantitative estimate of drug-likeness (QED) is 0.589. The highest BCUT2D eigenvalue weighted by Gasteiger charge is 2.33. The lowest BCUT2D eigenvalue weighted by Gasteiger charge is -2.22. The molecule has 1 heterocycles. The zero-order chi connectivity index (χ0) is 18.9. The van der Waals surface area contributed by atoms with Crippen LogP contribution < -0.4 is 13.8 Å². The molecule has 2 aromatic rings. The van der Waals surface area contributed by atoms with Crippen molar-refractivity contribution >= 4 is 27.4 Å². The predicted octanol–water partition coefficient (Wildman–Crippen LogP) is 1.60. The summed E-state index contributed by atoms with van der Waals surface area (Å²) in [6, 6.07) is 8.79. The molecule has 1 N–H and O–H groups in total. The lowest BCUT2D eigenvalue weighted by atomic mass is 10.3. The number of nitrogens with zero attached hydrogens (tertiary/aromatic N) is 2. The number of carboxylic acids is 1. The van der Waals surface area contributed by atoms with Gasteiger partial charge in [-0.3, -0.25) is 19.2 Å². The van der Waals surface area contributed by atoms with Crippen LogP contribution in [0.25, 0.3) is 0 Å². The van der Waals surface area contributed by atoms with E-state index in [0.29, 0.717) is 10.1 Å². The van der Waals surface area contributed by atoms with Crippen LogP contribution in [-0.2, 0) is 14.8 Å². The number of rotatable bonds is 6. The summed E-state index contributed by atoms with van der Waals surface area (Å²) < 4.78 is 36.8. The molecule has 26 heavy (non-hydrogen) atoms. The summed E-state index contributed by atoms with van der Waals surface area (Å²) >= 11 is 0. The highest BCUT2D eigenvalue weighted by molar-refractivity contribution is 7.93. The average molecular weight is 380 g/mol. The maximum atomic E-state index is 13.0. The van der Waals surface area contributed by atoms with Crippen LogP contribution in [0.15, 0.2) is 47.4 Å². The summed E-state index contributed by atoms with van der Waals surface area (Å²) in [5.74, 6) is -0.799. The summed E-state index contributed by atoms with van der Waals surface area (Å²) in [5, 5.41) is 20.3. The van der Waals surface area contributed by atoms with Gasteiger partial charge in [-0.2, -0.15) is 0 Å². The fraction of sp³-hybridized carbons (Fsp3) is 0.133. The number of hydrogen-bond acceptors (Lipinski definition) is 7. The molecule has 0 aliphatic carbocycles. The van der Waals surface area contributed by atoms with Gasteiger partial charge in [0.05, 0.1) is 10.6 Å². The monoisotopic (exact) mass is 380 g/mol. The zero-order valence-corrected chi connectivity index (χ0v) is 13.9. The maximum absolute atomic E-state index is 13.0. The van der Waals surface area contributed by atoms with Gasteiger partial charge in [-0.15, -0.1) is 0 Å². The minimum absolute atomic E-state index is 0.0187. The minimum Gasteiger partial charge on any atom is -0.480 e. The SMILES string of the molecule is O=C(O)CN(c1ccc2c(c1)OCO2)S(=O)(=O)c1ccccc1[N+](=O)[O-]. The van der Waals surface area contributed by atoms with Crippen molar-refractivity contribution in [1.29, 1.82) is 0 Å². The van der Waals surface area contributed by atoms with Gasteiger partial charge >= 0.3 is 5.97 Å². The molecule has 1 aliphatic heterocycles. The van der Waals surface area contributed by atoms with E-state index >= 15 is 0 Å². The molecule has 0 saturated heterocycles. The number of para-hydroxylation sites is 1. The van der Waals surface area contributed by atoms with Gasteiger partial charge in [0.25, 0.3) is 15.7 Å². The van der Waals surface area contributed by atoms with Gasteiger partial charge in [-0.05, 0) is 18.2 Å². The Kier molecular flexibility index (Phi) is 4.38. The van der Waals surface area contributed by atoms with Crippen LogP contribution in [0.3, 0.4) is 0 Å². The Morgan fingerprint density at radius 1 is 1.19 bits per heavy atom. The van der Waals surface area contributed by atoms with E-state index in [1.807, 2.05) is 0 Å². The third kappa shape index (κ3) is 3.11. The number of fused-ring (bicyclic) bond motifs is 1. The van der Waals surface area contributed by atoms with Crippen molar-refractivity contribution in [2.75, 3.05) is 17.6 Å². The van der Waals surface area contributed by atoms with E-state index in [0.717, 1.165) is 12.1 Å². The van der Waals surface area contributed by atoms with Crippen LogP contribution in [0.4, 0.5) is 11.4 Å². The van der Waals surface area contributed by atoms with Crippen LogP contribution in [0.2, 0.25) is 0 Å². The van der Waals surface area contributed by atoms with E-state index in [-0.39, 0.29) is 18.2 Å². The lowest BCUT2D eigenvalue weighted by Crippen LogP contribution is -2.36. The Bertz CT molecular complexity index is 989. The van der Waals surface area contributed by atoms with Crippen molar-refractivity contribution in [2.24, 2.45) is 0 Å². The van der Waals surface area contributed by atoms with E-state index in [2.05, 4.69) is 0 Å². The molecule has 0 radical (unpaired) electrons. The summed E-state index contributed by atoms with van der Waals surface area (Å²) in [4.78, 5) is 20.9. The maximum Gasteiger partial charge on any atom is 0.324 e. The van der Waals surface area contributed by atoms with Gasteiger partial charge < -0.3 is 14.6 Å². The fourth-order valence-corrected chi connectivity index (χ4v) is 3.99. The number of nitro benzene ring substituents is 1. The first-order valence-electron chi connectivity index (χ1n) is 7.18. The number of ether oxygens (including phenoxy) is 2. The Morgan fingerprint density at radius 3 is 2.58 bits per heavy atom. The summed E-state index contributed by atoms with van der Waals surface area (Å²) in [5.41, 5.74) is -0.668. The Labute approximate surface area is 147 Å². The minimum atomic E-state index is -4.53. The van der Waals surface area contributed by atoms with Crippen molar-refractivity contribution in [2.45, 2.75) is 4.90 Å². The average Bonchev–Trinajstić information content (AvgIpc) is 3.07. The van der Waals surface area contributed by atoms with E-state index in [4.69, 9.17) is 14.6 Å². The number of aliphatic carboxylic acids is 1. The van der Waals surface area contributed by atoms with Crippen LogP contribution in [0.1, 0.15) is 0 Å². The Morgan fingerprint density at radius 2 is 1.88 bits per heavy atom. The number of nitro groups is 1. The van der Waals surface area contributed by atoms with Gasteiger partial charge in [0, 0.05) is 12.1 Å². The molecule has 10 nitrogen and oxygen atoms in total.